The number of aliphatic hydroxyl groups excluding tert-OH is 1. The minimum atomic E-state index is -0.808. The van der Waals surface area contributed by atoms with Crippen molar-refractivity contribution in [3.05, 3.63) is 17.7 Å². The summed E-state index contributed by atoms with van der Waals surface area (Å²) in [5.74, 6) is 0.723. The number of rotatable bonds is 6. The number of carbonyl (C=O) groups excluding carboxylic acids is 2. The van der Waals surface area contributed by atoms with Crippen LogP contribution in [0.2, 0.25) is 0 Å². The second-order valence-corrected chi connectivity index (χ2v) is 8.64. The first-order valence-electron chi connectivity index (χ1n) is 11.5. The van der Waals surface area contributed by atoms with Crippen LogP contribution in [0, 0.1) is 5.92 Å². The SMILES string of the molecule is CCC(Oc1ccc(NC(=O)C2CCCCC2)c2c1CCC(=O)N2)N1CCOC(O)C1. The van der Waals surface area contributed by atoms with Crippen LogP contribution in [0.5, 0.6) is 5.75 Å². The number of ether oxygens (including phenoxy) is 2. The van der Waals surface area contributed by atoms with E-state index in [9.17, 15) is 14.7 Å². The molecule has 31 heavy (non-hydrogen) atoms. The predicted octanol–water partition coefficient (Wildman–Crippen LogP) is 2.86. The molecule has 1 aromatic rings. The number of benzene rings is 1. The highest BCUT2D eigenvalue weighted by molar-refractivity contribution is 6.03. The molecule has 8 heteroatoms. The highest BCUT2D eigenvalue weighted by atomic mass is 16.6. The molecule has 1 saturated heterocycles. The molecule has 2 fully saturated rings. The molecule has 1 aliphatic carbocycles. The molecular formula is C23H33N3O5. The average Bonchev–Trinajstić information content (AvgIpc) is 2.79. The number of aliphatic hydroxyl groups is 1. The van der Waals surface area contributed by atoms with Crippen LogP contribution in [-0.2, 0) is 20.7 Å². The van der Waals surface area contributed by atoms with Crippen molar-refractivity contribution < 1.29 is 24.2 Å². The molecule has 0 bridgehead atoms. The molecular weight excluding hydrogens is 398 g/mol. The van der Waals surface area contributed by atoms with E-state index in [1.54, 1.807) is 0 Å². The number of carbonyl (C=O) groups is 2. The molecule has 2 aliphatic heterocycles. The van der Waals surface area contributed by atoms with Crippen LogP contribution in [0.25, 0.3) is 0 Å². The van der Waals surface area contributed by atoms with E-state index in [1.807, 2.05) is 19.1 Å². The quantitative estimate of drug-likeness (QED) is 0.641. The van der Waals surface area contributed by atoms with Crippen LogP contribution in [0.15, 0.2) is 12.1 Å². The number of morpholine rings is 1. The van der Waals surface area contributed by atoms with Gasteiger partial charge in [-0.25, -0.2) is 0 Å². The fourth-order valence-corrected chi connectivity index (χ4v) is 4.75. The molecule has 1 saturated carbocycles. The first-order valence-corrected chi connectivity index (χ1v) is 11.5. The van der Waals surface area contributed by atoms with E-state index >= 15 is 0 Å². The van der Waals surface area contributed by atoms with Gasteiger partial charge in [-0.15, -0.1) is 0 Å². The number of β-amino-alcohol motifs (C(OH)–C–C–N with tert-alkyl or cyclic N) is 1. The zero-order valence-corrected chi connectivity index (χ0v) is 18.2. The molecule has 2 amide bonds. The first-order chi connectivity index (χ1) is 15.0. The molecule has 1 aromatic carbocycles. The number of hydrogen-bond acceptors (Lipinski definition) is 6. The van der Waals surface area contributed by atoms with Crippen LogP contribution < -0.4 is 15.4 Å². The molecule has 2 unspecified atom stereocenters. The van der Waals surface area contributed by atoms with Gasteiger partial charge in [-0.1, -0.05) is 26.2 Å². The van der Waals surface area contributed by atoms with Crippen molar-refractivity contribution in [3.63, 3.8) is 0 Å². The Hall–Kier alpha value is -2.16. The summed E-state index contributed by atoms with van der Waals surface area (Å²) >= 11 is 0. The van der Waals surface area contributed by atoms with Crippen LogP contribution in [0.3, 0.4) is 0 Å². The van der Waals surface area contributed by atoms with Gasteiger partial charge in [-0.05, 0) is 37.8 Å². The largest absolute Gasteiger partial charge is 0.475 e. The minimum Gasteiger partial charge on any atom is -0.475 e. The van der Waals surface area contributed by atoms with Gasteiger partial charge in [0.05, 0.1) is 24.5 Å². The summed E-state index contributed by atoms with van der Waals surface area (Å²) in [6, 6.07) is 3.70. The first kappa shape index (κ1) is 22.0. The number of amides is 2. The van der Waals surface area contributed by atoms with Gasteiger partial charge < -0.3 is 25.2 Å². The molecule has 4 rings (SSSR count). The summed E-state index contributed by atoms with van der Waals surface area (Å²) in [5, 5.41) is 15.8. The lowest BCUT2D eigenvalue weighted by molar-refractivity contribution is -0.169. The summed E-state index contributed by atoms with van der Waals surface area (Å²) in [6.07, 6.45) is 5.90. The molecule has 2 atom stereocenters. The number of fused-ring (bicyclic) bond motifs is 1. The molecule has 170 valence electrons. The van der Waals surface area contributed by atoms with Crippen molar-refractivity contribution in [1.29, 1.82) is 0 Å². The molecule has 0 spiro atoms. The van der Waals surface area contributed by atoms with Crippen molar-refractivity contribution in [3.8, 4) is 5.75 Å². The fraction of sp³-hybridized carbons (Fsp3) is 0.652. The number of hydrogen-bond donors (Lipinski definition) is 3. The lowest BCUT2D eigenvalue weighted by atomic mass is 9.88. The second kappa shape index (κ2) is 9.97. The van der Waals surface area contributed by atoms with Gasteiger partial charge in [0.1, 0.15) is 5.75 Å². The maximum atomic E-state index is 12.8. The van der Waals surface area contributed by atoms with E-state index in [2.05, 4.69) is 15.5 Å². The molecule has 2 heterocycles. The molecule has 0 aromatic heterocycles. The smallest absolute Gasteiger partial charge is 0.227 e. The summed E-state index contributed by atoms with van der Waals surface area (Å²) in [6.45, 7) is 3.58. The van der Waals surface area contributed by atoms with Crippen molar-refractivity contribution in [2.45, 2.75) is 70.8 Å². The highest BCUT2D eigenvalue weighted by Gasteiger charge is 2.29. The van der Waals surface area contributed by atoms with Crippen LogP contribution in [0.1, 0.15) is 57.4 Å². The Bertz CT molecular complexity index is 809. The third kappa shape index (κ3) is 5.19. The minimum absolute atomic E-state index is 0.0316. The van der Waals surface area contributed by atoms with Crippen LogP contribution in [-0.4, -0.2) is 54.0 Å². The van der Waals surface area contributed by atoms with Gasteiger partial charge in [-0.2, -0.15) is 0 Å². The van der Waals surface area contributed by atoms with Crippen molar-refractivity contribution >= 4 is 23.2 Å². The molecule has 3 N–H and O–H groups in total. The van der Waals surface area contributed by atoms with E-state index in [4.69, 9.17) is 9.47 Å². The van der Waals surface area contributed by atoms with Gasteiger partial charge >= 0.3 is 0 Å². The Morgan fingerprint density at radius 2 is 2.13 bits per heavy atom. The normalized spacial score (nSPS) is 23.5. The van der Waals surface area contributed by atoms with Gasteiger partial charge in [0.25, 0.3) is 0 Å². The standard InChI is InChI=1S/C23H33N3O5/c1-2-20(26-12-13-30-21(28)14-26)31-18-10-9-17(22-16(18)8-11-19(27)25-22)24-23(29)15-6-4-3-5-7-15/h9-10,15,20-21,28H,2-8,11-14H2,1H3,(H,24,29)(H,25,27). The number of nitrogens with one attached hydrogen (secondary N) is 2. The predicted molar refractivity (Wildman–Crippen MR) is 117 cm³/mol. The summed E-state index contributed by atoms with van der Waals surface area (Å²) in [7, 11) is 0. The Morgan fingerprint density at radius 3 is 2.87 bits per heavy atom. The van der Waals surface area contributed by atoms with Crippen LogP contribution >= 0.6 is 0 Å². The Kier molecular flexibility index (Phi) is 7.09. The van der Waals surface area contributed by atoms with Gasteiger partial charge in [0.15, 0.2) is 12.5 Å². The van der Waals surface area contributed by atoms with E-state index in [-0.39, 0.29) is 24.0 Å². The zero-order chi connectivity index (χ0) is 21.8. The van der Waals surface area contributed by atoms with Gasteiger partial charge in [0, 0.05) is 24.4 Å². The van der Waals surface area contributed by atoms with E-state index in [0.717, 1.165) is 37.7 Å². The van der Waals surface area contributed by atoms with E-state index in [1.165, 1.54) is 6.42 Å². The van der Waals surface area contributed by atoms with E-state index < -0.39 is 6.29 Å². The summed E-state index contributed by atoms with van der Waals surface area (Å²) < 4.78 is 11.6. The molecule has 0 radical (unpaired) electrons. The van der Waals surface area contributed by atoms with E-state index in [0.29, 0.717) is 49.7 Å². The second-order valence-electron chi connectivity index (χ2n) is 8.64. The summed E-state index contributed by atoms with van der Waals surface area (Å²) in [5.41, 5.74) is 2.20. The third-order valence-electron chi connectivity index (χ3n) is 6.47. The maximum absolute atomic E-state index is 12.8. The number of anilines is 2. The average molecular weight is 432 g/mol. The lowest BCUT2D eigenvalue weighted by Crippen LogP contribution is -2.49. The Balaban J connectivity index is 1.54. The number of nitrogens with zero attached hydrogens (tertiary/aromatic N) is 1. The lowest BCUT2D eigenvalue weighted by Gasteiger charge is -2.36. The van der Waals surface area contributed by atoms with Gasteiger partial charge in [0.2, 0.25) is 11.8 Å². The Morgan fingerprint density at radius 1 is 1.32 bits per heavy atom. The highest BCUT2D eigenvalue weighted by Crippen LogP contribution is 2.39. The third-order valence-corrected chi connectivity index (χ3v) is 6.47. The molecule has 8 nitrogen and oxygen atoms in total. The zero-order valence-electron chi connectivity index (χ0n) is 18.2. The van der Waals surface area contributed by atoms with Crippen molar-refractivity contribution in [1.82, 2.24) is 4.90 Å². The molecule has 3 aliphatic rings. The van der Waals surface area contributed by atoms with Crippen molar-refractivity contribution in [2.75, 3.05) is 30.3 Å². The van der Waals surface area contributed by atoms with Crippen LogP contribution in [0.4, 0.5) is 11.4 Å². The fourth-order valence-electron chi connectivity index (χ4n) is 4.75. The van der Waals surface area contributed by atoms with Gasteiger partial charge in [-0.3, -0.25) is 14.5 Å². The van der Waals surface area contributed by atoms with Crippen molar-refractivity contribution in [2.24, 2.45) is 5.92 Å². The maximum Gasteiger partial charge on any atom is 0.227 e. The Labute approximate surface area is 183 Å². The summed E-state index contributed by atoms with van der Waals surface area (Å²) in [4.78, 5) is 27.0. The monoisotopic (exact) mass is 431 g/mol. The topological polar surface area (TPSA) is 100 Å².